The van der Waals surface area contributed by atoms with Gasteiger partial charge < -0.3 is 9.63 Å². The van der Waals surface area contributed by atoms with Gasteiger partial charge in [-0.3, -0.25) is 0 Å². The summed E-state index contributed by atoms with van der Waals surface area (Å²) >= 11 is 0. The van der Waals surface area contributed by atoms with Crippen molar-refractivity contribution in [1.82, 2.24) is 9.88 Å². The highest BCUT2D eigenvalue weighted by atomic mass is 32.2. The maximum absolute atomic E-state index is 12.1. The molecule has 0 atom stereocenters. The Morgan fingerprint density at radius 2 is 1.84 bits per heavy atom. The summed E-state index contributed by atoms with van der Waals surface area (Å²) < 4.78 is 32.0. The fraction of sp³-hybridized carbons (Fsp3) is 0.176. The molecule has 0 fully saturated rings. The number of aryl methyl sites for hydroxylation is 1. The number of benzene rings is 2. The lowest BCUT2D eigenvalue weighted by molar-refractivity contribution is 0.0697. The van der Waals surface area contributed by atoms with E-state index in [0.717, 1.165) is 5.39 Å². The number of hydrogen-bond donors (Lipinski definition) is 2. The summed E-state index contributed by atoms with van der Waals surface area (Å²) in [5.74, 6) is -1.14. The third-order valence-electron chi connectivity index (χ3n) is 3.76. The Balaban J connectivity index is 1.59. The van der Waals surface area contributed by atoms with Crippen LogP contribution in [0.1, 0.15) is 21.6 Å². The minimum absolute atomic E-state index is 0.0990. The summed E-state index contributed by atoms with van der Waals surface area (Å²) in [4.78, 5) is 10.8. The number of hydrogen-bond acceptors (Lipinski definition) is 5. The zero-order valence-corrected chi connectivity index (χ0v) is 14.0. The number of aromatic carboxylic acids is 1. The number of fused-ring (bicyclic) bond motifs is 1. The number of carboxylic acid groups (broad SMARTS) is 1. The van der Waals surface area contributed by atoms with Crippen LogP contribution in [0.5, 0.6) is 0 Å². The fourth-order valence-corrected chi connectivity index (χ4v) is 3.37. The van der Waals surface area contributed by atoms with Gasteiger partial charge in [0.25, 0.3) is 0 Å². The van der Waals surface area contributed by atoms with Crippen LogP contribution in [-0.4, -0.2) is 30.4 Å². The highest BCUT2D eigenvalue weighted by molar-refractivity contribution is 7.89. The van der Waals surface area contributed by atoms with E-state index in [0.29, 0.717) is 16.8 Å². The molecule has 0 aliphatic carbocycles. The molecule has 0 aliphatic heterocycles. The van der Waals surface area contributed by atoms with Crippen molar-refractivity contribution in [3.8, 4) is 0 Å². The Morgan fingerprint density at radius 3 is 2.56 bits per heavy atom. The molecule has 8 heteroatoms. The summed E-state index contributed by atoms with van der Waals surface area (Å²) in [5.41, 5.74) is 2.07. The van der Waals surface area contributed by atoms with Crippen molar-refractivity contribution in [1.29, 1.82) is 0 Å². The molecule has 0 radical (unpaired) electrons. The predicted octanol–water partition coefficient (Wildman–Crippen LogP) is 2.19. The third-order valence-corrected chi connectivity index (χ3v) is 5.08. The van der Waals surface area contributed by atoms with Crippen LogP contribution >= 0.6 is 0 Å². The molecular formula is C17H16N2O5S. The lowest BCUT2D eigenvalue weighted by Crippen LogP contribution is -2.27. The Hall–Kier alpha value is -2.71. The second-order valence-corrected chi connectivity index (χ2v) is 7.44. The summed E-state index contributed by atoms with van der Waals surface area (Å²) in [6.07, 6.45) is 0.240. The summed E-state index contributed by atoms with van der Waals surface area (Å²) in [5, 5.41) is 13.6. The number of carboxylic acids is 1. The van der Waals surface area contributed by atoms with E-state index in [1.165, 1.54) is 12.1 Å². The van der Waals surface area contributed by atoms with Gasteiger partial charge in [-0.2, -0.15) is 0 Å². The van der Waals surface area contributed by atoms with Crippen LogP contribution in [0, 0.1) is 0 Å². The molecule has 0 spiro atoms. The van der Waals surface area contributed by atoms with Gasteiger partial charge in [-0.05, 0) is 29.8 Å². The van der Waals surface area contributed by atoms with Gasteiger partial charge in [0.05, 0.1) is 17.0 Å². The van der Waals surface area contributed by atoms with E-state index >= 15 is 0 Å². The van der Waals surface area contributed by atoms with Crippen LogP contribution in [0.25, 0.3) is 11.0 Å². The van der Waals surface area contributed by atoms with E-state index < -0.39 is 16.0 Å². The monoisotopic (exact) mass is 360 g/mol. The van der Waals surface area contributed by atoms with E-state index in [1.807, 2.05) is 18.2 Å². The first-order valence-electron chi connectivity index (χ1n) is 7.57. The SMILES string of the molecule is O=C(O)c1ccc(CNS(=O)(=O)CCc2noc3ccccc23)cc1. The molecule has 130 valence electrons. The first kappa shape index (κ1) is 17.1. The zero-order valence-electron chi connectivity index (χ0n) is 13.2. The minimum atomic E-state index is -3.50. The summed E-state index contributed by atoms with van der Waals surface area (Å²) in [6.45, 7) is 0.0990. The molecule has 0 unspecified atom stereocenters. The number of aromatic nitrogens is 1. The lowest BCUT2D eigenvalue weighted by Gasteiger charge is -2.06. The van der Waals surface area contributed by atoms with Crippen molar-refractivity contribution in [2.45, 2.75) is 13.0 Å². The highest BCUT2D eigenvalue weighted by Crippen LogP contribution is 2.18. The van der Waals surface area contributed by atoms with Gasteiger partial charge in [-0.1, -0.05) is 29.4 Å². The normalized spacial score (nSPS) is 11.7. The lowest BCUT2D eigenvalue weighted by atomic mass is 10.1. The van der Waals surface area contributed by atoms with E-state index in [-0.39, 0.29) is 24.3 Å². The molecule has 3 aromatic rings. The van der Waals surface area contributed by atoms with Crippen molar-refractivity contribution in [3.05, 3.63) is 65.4 Å². The average Bonchev–Trinajstić information content (AvgIpc) is 3.02. The van der Waals surface area contributed by atoms with Crippen LogP contribution in [0.2, 0.25) is 0 Å². The Kier molecular flexibility index (Phi) is 4.82. The van der Waals surface area contributed by atoms with Gasteiger partial charge in [0.15, 0.2) is 5.58 Å². The number of para-hydroxylation sites is 1. The molecule has 1 aromatic heterocycles. The molecule has 0 amide bonds. The van der Waals surface area contributed by atoms with E-state index in [9.17, 15) is 13.2 Å². The maximum atomic E-state index is 12.1. The third kappa shape index (κ3) is 4.23. The molecule has 0 aliphatic rings. The summed E-state index contributed by atoms with van der Waals surface area (Å²) in [7, 11) is -3.50. The van der Waals surface area contributed by atoms with Crippen LogP contribution in [0.3, 0.4) is 0 Å². The maximum Gasteiger partial charge on any atom is 0.335 e. The number of rotatable bonds is 7. The van der Waals surface area contributed by atoms with Gasteiger partial charge in [0, 0.05) is 18.4 Å². The molecule has 0 saturated heterocycles. The number of nitrogens with one attached hydrogen (secondary N) is 1. The molecular weight excluding hydrogens is 344 g/mol. The second-order valence-electron chi connectivity index (χ2n) is 5.52. The molecule has 7 nitrogen and oxygen atoms in total. The van der Waals surface area contributed by atoms with Gasteiger partial charge >= 0.3 is 5.97 Å². The zero-order chi connectivity index (χ0) is 17.9. The fourth-order valence-electron chi connectivity index (χ4n) is 2.38. The first-order valence-corrected chi connectivity index (χ1v) is 9.23. The number of carbonyl (C=O) groups is 1. The van der Waals surface area contributed by atoms with Crippen molar-refractivity contribution in [2.24, 2.45) is 0 Å². The minimum Gasteiger partial charge on any atom is -0.478 e. The van der Waals surface area contributed by atoms with Gasteiger partial charge in [0.2, 0.25) is 10.0 Å². The second kappa shape index (κ2) is 7.04. The van der Waals surface area contributed by atoms with E-state index in [4.69, 9.17) is 9.63 Å². The molecule has 3 rings (SSSR count). The number of nitrogens with zero attached hydrogens (tertiary/aromatic N) is 1. The molecule has 2 aromatic carbocycles. The topological polar surface area (TPSA) is 110 Å². The van der Waals surface area contributed by atoms with Crippen molar-refractivity contribution in [3.63, 3.8) is 0 Å². The van der Waals surface area contributed by atoms with Crippen molar-refractivity contribution >= 4 is 27.0 Å². The average molecular weight is 360 g/mol. The van der Waals surface area contributed by atoms with Gasteiger partial charge in [-0.15, -0.1) is 0 Å². The quantitative estimate of drug-likeness (QED) is 0.668. The van der Waals surface area contributed by atoms with Gasteiger partial charge in [-0.25, -0.2) is 17.9 Å². The van der Waals surface area contributed by atoms with E-state index in [1.54, 1.807) is 18.2 Å². The molecule has 0 saturated carbocycles. The van der Waals surface area contributed by atoms with Crippen molar-refractivity contribution < 1.29 is 22.8 Å². The first-order chi connectivity index (χ1) is 11.9. The molecule has 2 N–H and O–H groups in total. The highest BCUT2D eigenvalue weighted by Gasteiger charge is 2.14. The Bertz CT molecular complexity index is 993. The smallest absolute Gasteiger partial charge is 0.335 e. The molecule has 1 heterocycles. The van der Waals surface area contributed by atoms with Crippen LogP contribution in [0.4, 0.5) is 0 Å². The van der Waals surface area contributed by atoms with Crippen LogP contribution in [0.15, 0.2) is 53.1 Å². The van der Waals surface area contributed by atoms with E-state index in [2.05, 4.69) is 9.88 Å². The predicted molar refractivity (Wildman–Crippen MR) is 91.7 cm³/mol. The van der Waals surface area contributed by atoms with Crippen molar-refractivity contribution in [2.75, 3.05) is 5.75 Å². The molecule has 0 bridgehead atoms. The van der Waals surface area contributed by atoms with Crippen LogP contribution in [-0.2, 0) is 23.0 Å². The summed E-state index contributed by atoms with van der Waals surface area (Å²) in [6, 6.07) is 13.3. The van der Waals surface area contributed by atoms with Crippen LogP contribution < -0.4 is 4.72 Å². The Morgan fingerprint density at radius 1 is 1.12 bits per heavy atom. The molecule has 25 heavy (non-hydrogen) atoms. The largest absolute Gasteiger partial charge is 0.478 e. The Labute approximate surface area is 144 Å². The number of sulfonamides is 1. The van der Waals surface area contributed by atoms with Gasteiger partial charge in [0.1, 0.15) is 0 Å². The standard InChI is InChI=1S/C17H16N2O5S/c20-17(21)13-7-5-12(6-8-13)11-18-25(22,23)10-9-15-14-3-1-2-4-16(14)24-19-15/h1-8,18H,9-11H2,(H,20,21).